The Morgan fingerprint density at radius 2 is 2.12 bits per heavy atom. The molecule has 0 saturated heterocycles. The van der Waals surface area contributed by atoms with Crippen LogP contribution in [0, 0.1) is 11.3 Å². The number of benzene rings is 1. The summed E-state index contributed by atoms with van der Waals surface area (Å²) in [6, 6.07) is 9.52. The quantitative estimate of drug-likeness (QED) is 0.917. The lowest BCUT2D eigenvalue weighted by molar-refractivity contribution is -0.128. The minimum atomic E-state index is -0.673. The highest BCUT2D eigenvalue weighted by atomic mass is 32.1. The number of amides is 1. The van der Waals surface area contributed by atoms with Gasteiger partial charge in [-0.25, -0.2) is 4.99 Å². The molecule has 6 nitrogen and oxygen atoms in total. The summed E-state index contributed by atoms with van der Waals surface area (Å²) in [4.78, 5) is 19.0. The van der Waals surface area contributed by atoms with Gasteiger partial charge >= 0.3 is 0 Å². The number of nitrogens with zero attached hydrogens (tertiary/aromatic N) is 3. The number of carbonyl (C=O) groups excluding carboxylic acids is 1. The van der Waals surface area contributed by atoms with Crippen molar-refractivity contribution in [3.63, 3.8) is 0 Å². The van der Waals surface area contributed by atoms with E-state index in [9.17, 15) is 10.1 Å². The molecule has 0 fully saturated rings. The van der Waals surface area contributed by atoms with Gasteiger partial charge in [-0.1, -0.05) is 0 Å². The van der Waals surface area contributed by atoms with Crippen LogP contribution in [0.25, 0.3) is 11.1 Å². The van der Waals surface area contributed by atoms with Crippen molar-refractivity contribution in [3.8, 4) is 22.9 Å². The average molecular weight is 354 g/mol. The summed E-state index contributed by atoms with van der Waals surface area (Å²) in [5.41, 5.74) is 7.58. The van der Waals surface area contributed by atoms with Crippen LogP contribution in [0.3, 0.4) is 0 Å². The number of methoxy groups -OCH3 is 1. The van der Waals surface area contributed by atoms with Crippen LogP contribution in [0.4, 0.5) is 0 Å². The Morgan fingerprint density at radius 1 is 1.36 bits per heavy atom. The van der Waals surface area contributed by atoms with E-state index in [0.717, 1.165) is 16.0 Å². The van der Waals surface area contributed by atoms with Gasteiger partial charge in [0.2, 0.25) is 5.91 Å². The van der Waals surface area contributed by atoms with Gasteiger partial charge in [-0.2, -0.15) is 5.26 Å². The zero-order chi connectivity index (χ0) is 18.2. The Kier molecular flexibility index (Phi) is 4.23. The molecule has 3 rings (SSSR count). The second-order valence-electron chi connectivity index (χ2n) is 6.14. The Bertz CT molecular complexity index is 912. The van der Waals surface area contributed by atoms with Gasteiger partial charge in [-0.05, 0) is 47.7 Å². The number of hydrogen-bond acceptors (Lipinski definition) is 6. The normalized spacial score (nSPS) is 20.2. The first kappa shape index (κ1) is 17.0. The first-order valence-corrected chi connectivity index (χ1v) is 8.55. The number of rotatable bonds is 3. The van der Waals surface area contributed by atoms with Crippen LogP contribution in [0.1, 0.15) is 23.8 Å². The molecule has 0 saturated carbocycles. The van der Waals surface area contributed by atoms with Crippen LogP contribution in [0.15, 0.2) is 34.6 Å². The van der Waals surface area contributed by atoms with Crippen molar-refractivity contribution in [1.82, 2.24) is 4.90 Å². The summed E-state index contributed by atoms with van der Waals surface area (Å²) in [5, 5.41) is 11.2. The Balaban J connectivity index is 2.01. The number of nitriles is 1. The third-order valence-electron chi connectivity index (χ3n) is 4.31. The highest BCUT2D eigenvalue weighted by Crippen LogP contribution is 2.39. The molecule has 0 aliphatic carbocycles. The third kappa shape index (κ3) is 3.08. The molecule has 0 bridgehead atoms. The molecule has 128 valence electrons. The van der Waals surface area contributed by atoms with E-state index in [2.05, 4.69) is 11.1 Å². The van der Waals surface area contributed by atoms with Crippen LogP contribution in [-0.2, 0) is 10.3 Å². The molecule has 1 atom stereocenters. The lowest BCUT2D eigenvalue weighted by Crippen LogP contribution is -2.47. The molecular formula is C18H18N4O2S. The second kappa shape index (κ2) is 6.22. The molecule has 0 radical (unpaired) electrons. The summed E-state index contributed by atoms with van der Waals surface area (Å²) < 4.78 is 5.27. The lowest BCUT2D eigenvalue weighted by Gasteiger charge is -2.32. The van der Waals surface area contributed by atoms with E-state index in [-0.39, 0.29) is 18.3 Å². The van der Waals surface area contributed by atoms with Gasteiger partial charge in [0, 0.05) is 11.9 Å². The fourth-order valence-electron chi connectivity index (χ4n) is 2.77. The van der Waals surface area contributed by atoms with E-state index in [4.69, 9.17) is 10.5 Å². The largest absolute Gasteiger partial charge is 0.497 e. The molecule has 1 aromatic carbocycles. The van der Waals surface area contributed by atoms with E-state index < -0.39 is 5.54 Å². The van der Waals surface area contributed by atoms with Gasteiger partial charge in [-0.15, -0.1) is 11.3 Å². The molecule has 0 spiro atoms. The number of hydrogen-bond donors (Lipinski definition) is 1. The van der Waals surface area contributed by atoms with Gasteiger partial charge in [0.15, 0.2) is 5.96 Å². The third-order valence-corrected chi connectivity index (χ3v) is 5.49. The minimum Gasteiger partial charge on any atom is -0.497 e. The van der Waals surface area contributed by atoms with Crippen molar-refractivity contribution >= 4 is 23.2 Å². The molecule has 2 heterocycles. The summed E-state index contributed by atoms with van der Waals surface area (Å²) in [6.07, 6.45) is 0.270. The summed E-state index contributed by atoms with van der Waals surface area (Å²) in [7, 11) is 3.20. The molecule has 1 amide bonds. The van der Waals surface area contributed by atoms with Crippen LogP contribution in [0.2, 0.25) is 0 Å². The predicted octanol–water partition coefficient (Wildman–Crippen LogP) is 2.69. The molecule has 7 heteroatoms. The maximum Gasteiger partial charge on any atom is 0.231 e. The van der Waals surface area contributed by atoms with Gasteiger partial charge in [0.25, 0.3) is 0 Å². The molecular weight excluding hydrogens is 336 g/mol. The average Bonchev–Trinajstić information content (AvgIpc) is 3.10. The number of aliphatic imine (C=N–C) groups is 1. The molecule has 2 N–H and O–H groups in total. The summed E-state index contributed by atoms with van der Waals surface area (Å²) in [5.74, 6) is 0.796. The van der Waals surface area contributed by atoms with E-state index in [0.29, 0.717) is 11.3 Å². The molecule has 25 heavy (non-hydrogen) atoms. The zero-order valence-corrected chi connectivity index (χ0v) is 15.1. The number of guanidine groups is 1. The number of ether oxygens (including phenoxy) is 1. The van der Waals surface area contributed by atoms with Crippen LogP contribution >= 0.6 is 11.3 Å². The number of nitrogens with two attached hydrogens (primary N) is 1. The van der Waals surface area contributed by atoms with Crippen molar-refractivity contribution in [3.05, 3.63) is 40.1 Å². The van der Waals surface area contributed by atoms with Crippen LogP contribution in [-0.4, -0.2) is 30.9 Å². The van der Waals surface area contributed by atoms with Gasteiger partial charge < -0.3 is 10.5 Å². The minimum absolute atomic E-state index is 0.0573. The molecule has 1 aromatic heterocycles. The van der Waals surface area contributed by atoms with Gasteiger partial charge in [-0.3, -0.25) is 9.69 Å². The topological polar surface area (TPSA) is 91.7 Å². The Hall–Kier alpha value is -2.85. The summed E-state index contributed by atoms with van der Waals surface area (Å²) >= 11 is 1.52. The standard InChI is InChI=1S/C18H18N4O2S/c1-18(8-16(23)22(2)17(20)21-18)15-7-13(10-25-15)12-4-11(9-19)5-14(6-12)24-3/h4-7,10H,8H2,1-3H3,(H2,20,21). The smallest absolute Gasteiger partial charge is 0.231 e. The fraction of sp³-hybridized carbons (Fsp3) is 0.278. The van der Waals surface area contributed by atoms with E-state index >= 15 is 0 Å². The first-order chi connectivity index (χ1) is 11.9. The molecule has 1 unspecified atom stereocenters. The van der Waals surface area contributed by atoms with Crippen LogP contribution in [0.5, 0.6) is 5.75 Å². The Morgan fingerprint density at radius 3 is 2.76 bits per heavy atom. The Labute approximate surface area is 150 Å². The van der Waals surface area contributed by atoms with Crippen molar-refractivity contribution in [2.45, 2.75) is 18.9 Å². The number of thiophene rings is 1. The van der Waals surface area contributed by atoms with E-state index in [1.54, 1.807) is 20.2 Å². The van der Waals surface area contributed by atoms with Crippen molar-refractivity contribution in [2.75, 3.05) is 14.2 Å². The van der Waals surface area contributed by atoms with Crippen molar-refractivity contribution in [1.29, 1.82) is 5.26 Å². The monoisotopic (exact) mass is 354 g/mol. The first-order valence-electron chi connectivity index (χ1n) is 7.67. The van der Waals surface area contributed by atoms with Crippen molar-refractivity contribution < 1.29 is 9.53 Å². The number of carbonyl (C=O) groups is 1. The predicted molar refractivity (Wildman–Crippen MR) is 97.4 cm³/mol. The molecule has 1 aliphatic heterocycles. The fourth-order valence-corrected chi connectivity index (χ4v) is 3.79. The lowest BCUT2D eigenvalue weighted by atomic mass is 9.93. The van der Waals surface area contributed by atoms with Crippen molar-refractivity contribution in [2.24, 2.45) is 10.7 Å². The van der Waals surface area contributed by atoms with Gasteiger partial charge in [0.1, 0.15) is 11.3 Å². The highest BCUT2D eigenvalue weighted by molar-refractivity contribution is 7.10. The van der Waals surface area contributed by atoms with E-state index in [1.807, 2.05) is 30.5 Å². The van der Waals surface area contributed by atoms with E-state index in [1.165, 1.54) is 16.2 Å². The maximum absolute atomic E-state index is 12.2. The SMILES string of the molecule is COc1cc(C#N)cc(-c2csc(C3(C)CC(=O)N(C)C(N)=N3)c2)c1. The van der Waals surface area contributed by atoms with Crippen LogP contribution < -0.4 is 10.5 Å². The molecule has 1 aliphatic rings. The zero-order valence-electron chi connectivity index (χ0n) is 14.2. The molecule has 2 aromatic rings. The maximum atomic E-state index is 12.2. The van der Waals surface area contributed by atoms with Gasteiger partial charge in [0.05, 0.1) is 25.2 Å². The summed E-state index contributed by atoms with van der Waals surface area (Å²) in [6.45, 7) is 1.91. The highest BCUT2D eigenvalue weighted by Gasteiger charge is 2.37. The second-order valence-corrected chi connectivity index (χ2v) is 7.05.